The molecule has 5 nitrogen and oxygen atoms in total. The van der Waals surface area contributed by atoms with E-state index in [1.807, 2.05) is 0 Å². The molecule has 0 bridgehead atoms. The van der Waals surface area contributed by atoms with Gasteiger partial charge in [0.1, 0.15) is 11.9 Å². The number of carbonyl (C=O) groups is 1. The van der Waals surface area contributed by atoms with E-state index in [0.717, 1.165) is 0 Å². The number of hydrogen-bond donors (Lipinski definition) is 1. The second-order valence-corrected chi connectivity index (χ2v) is 6.66. The first-order valence-corrected chi connectivity index (χ1v) is 6.95. The van der Waals surface area contributed by atoms with Crippen LogP contribution in [0.4, 0.5) is 13.6 Å². The molecule has 21 heavy (non-hydrogen) atoms. The first-order chi connectivity index (χ1) is 9.51. The van der Waals surface area contributed by atoms with E-state index in [-0.39, 0.29) is 25.7 Å². The van der Waals surface area contributed by atoms with Crippen LogP contribution in [0.5, 0.6) is 0 Å². The Hall–Kier alpha value is -1.50. The molecule has 0 saturated heterocycles. The van der Waals surface area contributed by atoms with Gasteiger partial charge in [0.05, 0.1) is 11.2 Å². The minimum absolute atomic E-state index is 0.144. The van der Waals surface area contributed by atoms with Crippen molar-refractivity contribution in [2.75, 3.05) is 0 Å². The van der Waals surface area contributed by atoms with E-state index in [1.165, 1.54) is 17.1 Å². The van der Waals surface area contributed by atoms with Crippen LogP contribution in [0, 0.1) is 0 Å². The van der Waals surface area contributed by atoms with Gasteiger partial charge in [0.15, 0.2) is 0 Å². The number of imidazole rings is 1. The van der Waals surface area contributed by atoms with E-state index in [9.17, 15) is 13.6 Å². The van der Waals surface area contributed by atoms with Crippen molar-refractivity contribution in [1.82, 2.24) is 9.55 Å². The Morgan fingerprint density at radius 3 is 2.43 bits per heavy atom. The summed E-state index contributed by atoms with van der Waals surface area (Å²) in [5, 5.41) is 0. The standard InChI is InChI=1S/C14H21F2N3O2/c1-12(2,3)21-11(20)19-8-10(18-9-19)13(17)4-6-14(15,16)7-5-13/h8-9H,4-7,17H2,1-3H3. The number of alkyl halides is 2. The number of nitrogens with zero attached hydrogens (tertiary/aromatic N) is 2. The highest BCUT2D eigenvalue weighted by molar-refractivity contribution is 5.70. The third-order valence-electron chi connectivity index (χ3n) is 3.57. The number of halogens is 2. The van der Waals surface area contributed by atoms with Crippen LogP contribution in [-0.2, 0) is 10.3 Å². The first kappa shape index (κ1) is 15.9. The lowest BCUT2D eigenvalue weighted by Gasteiger charge is -2.35. The lowest BCUT2D eigenvalue weighted by atomic mass is 9.79. The fourth-order valence-electron chi connectivity index (χ4n) is 2.31. The van der Waals surface area contributed by atoms with Crippen molar-refractivity contribution in [2.45, 2.75) is 63.5 Å². The van der Waals surface area contributed by atoms with E-state index in [0.29, 0.717) is 5.69 Å². The molecule has 1 aromatic heterocycles. The van der Waals surface area contributed by atoms with Crippen molar-refractivity contribution in [3.8, 4) is 0 Å². The van der Waals surface area contributed by atoms with Crippen LogP contribution in [0.25, 0.3) is 0 Å². The molecule has 0 spiro atoms. The summed E-state index contributed by atoms with van der Waals surface area (Å²) in [6.45, 7) is 5.28. The summed E-state index contributed by atoms with van der Waals surface area (Å²) in [6, 6.07) is 0. The summed E-state index contributed by atoms with van der Waals surface area (Å²) in [4.78, 5) is 16.0. The maximum absolute atomic E-state index is 13.2. The SMILES string of the molecule is CC(C)(C)OC(=O)n1cnc(C2(N)CCC(F)(F)CC2)c1. The van der Waals surface area contributed by atoms with Gasteiger partial charge in [-0.15, -0.1) is 0 Å². The van der Waals surface area contributed by atoms with Gasteiger partial charge in [-0.05, 0) is 33.6 Å². The first-order valence-electron chi connectivity index (χ1n) is 6.95. The molecule has 0 atom stereocenters. The van der Waals surface area contributed by atoms with E-state index < -0.39 is 23.2 Å². The summed E-state index contributed by atoms with van der Waals surface area (Å²) in [5.74, 6) is -2.66. The Morgan fingerprint density at radius 1 is 1.33 bits per heavy atom. The minimum atomic E-state index is -2.66. The molecule has 0 aliphatic heterocycles. The Morgan fingerprint density at radius 2 is 1.90 bits per heavy atom. The fraction of sp³-hybridized carbons (Fsp3) is 0.714. The van der Waals surface area contributed by atoms with Gasteiger partial charge < -0.3 is 10.5 Å². The van der Waals surface area contributed by atoms with Crippen LogP contribution < -0.4 is 5.73 Å². The topological polar surface area (TPSA) is 70.1 Å². The number of aromatic nitrogens is 2. The molecule has 1 aromatic rings. The number of hydrogen-bond acceptors (Lipinski definition) is 4. The normalized spacial score (nSPS) is 21.0. The van der Waals surface area contributed by atoms with Crippen LogP contribution >= 0.6 is 0 Å². The number of nitrogens with two attached hydrogens (primary N) is 1. The predicted octanol–water partition coefficient (Wildman–Crippen LogP) is 3.03. The van der Waals surface area contributed by atoms with Crippen molar-refractivity contribution < 1.29 is 18.3 Å². The summed E-state index contributed by atoms with van der Waals surface area (Å²) in [7, 11) is 0. The van der Waals surface area contributed by atoms with Gasteiger partial charge in [-0.2, -0.15) is 0 Å². The second-order valence-electron chi connectivity index (χ2n) is 6.66. The molecule has 1 aliphatic carbocycles. The molecule has 7 heteroatoms. The summed E-state index contributed by atoms with van der Waals surface area (Å²) in [5.41, 5.74) is 5.10. The van der Waals surface area contributed by atoms with Gasteiger partial charge in [0, 0.05) is 19.0 Å². The van der Waals surface area contributed by atoms with Crippen LogP contribution in [0.2, 0.25) is 0 Å². The van der Waals surface area contributed by atoms with Gasteiger partial charge in [-0.3, -0.25) is 0 Å². The molecule has 2 N–H and O–H groups in total. The summed E-state index contributed by atoms with van der Waals surface area (Å²) >= 11 is 0. The van der Waals surface area contributed by atoms with E-state index >= 15 is 0 Å². The third kappa shape index (κ3) is 3.78. The molecule has 118 valence electrons. The Balaban J connectivity index is 2.11. The number of carbonyl (C=O) groups excluding carboxylic acids is 1. The van der Waals surface area contributed by atoms with Gasteiger partial charge in [0.2, 0.25) is 5.92 Å². The number of ether oxygens (including phenoxy) is 1. The average Bonchev–Trinajstić information content (AvgIpc) is 2.81. The highest BCUT2D eigenvalue weighted by atomic mass is 19.3. The lowest BCUT2D eigenvalue weighted by molar-refractivity contribution is -0.0519. The van der Waals surface area contributed by atoms with Crippen LogP contribution in [0.15, 0.2) is 12.5 Å². The summed E-state index contributed by atoms with van der Waals surface area (Å²) in [6.07, 6.45) is 1.98. The molecule has 0 radical (unpaired) electrons. The van der Waals surface area contributed by atoms with Gasteiger partial charge >= 0.3 is 6.09 Å². The molecule has 0 unspecified atom stereocenters. The summed E-state index contributed by atoms with van der Waals surface area (Å²) < 4.78 is 32.9. The Kier molecular flexibility index (Phi) is 3.82. The zero-order valence-electron chi connectivity index (χ0n) is 12.5. The van der Waals surface area contributed by atoms with Gasteiger partial charge in [-0.25, -0.2) is 23.1 Å². The van der Waals surface area contributed by atoms with Crippen molar-refractivity contribution >= 4 is 6.09 Å². The van der Waals surface area contributed by atoms with Crippen molar-refractivity contribution in [2.24, 2.45) is 5.73 Å². The maximum Gasteiger partial charge on any atom is 0.419 e. The van der Waals surface area contributed by atoms with E-state index in [1.54, 1.807) is 20.8 Å². The van der Waals surface area contributed by atoms with Gasteiger partial charge in [0.25, 0.3) is 0 Å². The molecular formula is C14H21F2N3O2. The molecule has 0 aromatic carbocycles. The lowest BCUT2D eigenvalue weighted by Crippen LogP contribution is -2.43. The molecule has 2 rings (SSSR count). The van der Waals surface area contributed by atoms with Crippen molar-refractivity contribution in [3.63, 3.8) is 0 Å². The quantitative estimate of drug-likeness (QED) is 0.865. The highest BCUT2D eigenvalue weighted by Gasteiger charge is 2.43. The monoisotopic (exact) mass is 301 g/mol. The predicted molar refractivity (Wildman–Crippen MR) is 73.1 cm³/mol. The van der Waals surface area contributed by atoms with Gasteiger partial charge in [-0.1, -0.05) is 0 Å². The van der Waals surface area contributed by atoms with Crippen LogP contribution in [-0.4, -0.2) is 27.2 Å². The molecular weight excluding hydrogens is 280 g/mol. The Bertz CT molecular complexity index is 525. The zero-order chi connectivity index (χ0) is 15.9. The largest absolute Gasteiger partial charge is 0.443 e. The minimum Gasteiger partial charge on any atom is -0.443 e. The van der Waals surface area contributed by atoms with Crippen LogP contribution in [0.3, 0.4) is 0 Å². The molecule has 1 heterocycles. The molecule has 1 saturated carbocycles. The van der Waals surface area contributed by atoms with E-state index in [2.05, 4.69) is 4.98 Å². The number of rotatable bonds is 1. The van der Waals surface area contributed by atoms with Crippen molar-refractivity contribution in [3.05, 3.63) is 18.2 Å². The van der Waals surface area contributed by atoms with E-state index in [4.69, 9.17) is 10.5 Å². The molecule has 1 fully saturated rings. The maximum atomic E-state index is 13.2. The highest BCUT2D eigenvalue weighted by Crippen LogP contribution is 2.41. The molecule has 0 amide bonds. The Labute approximate surface area is 122 Å². The second kappa shape index (κ2) is 5.05. The average molecular weight is 301 g/mol. The zero-order valence-corrected chi connectivity index (χ0v) is 12.5. The smallest absolute Gasteiger partial charge is 0.419 e. The van der Waals surface area contributed by atoms with Crippen LogP contribution in [0.1, 0.15) is 52.1 Å². The van der Waals surface area contributed by atoms with Crippen molar-refractivity contribution in [1.29, 1.82) is 0 Å². The fourth-order valence-corrected chi connectivity index (χ4v) is 2.31. The molecule has 1 aliphatic rings. The third-order valence-corrected chi connectivity index (χ3v) is 3.57.